The van der Waals surface area contributed by atoms with Gasteiger partial charge >= 0.3 is 0 Å². The summed E-state index contributed by atoms with van der Waals surface area (Å²) >= 11 is 2.10. The van der Waals surface area contributed by atoms with Gasteiger partial charge in [-0.25, -0.2) is 0 Å². The fourth-order valence-corrected chi connectivity index (χ4v) is 3.66. The molecule has 2 rings (SSSR count). The highest BCUT2D eigenvalue weighted by Gasteiger charge is 2.24. The molecule has 2 atom stereocenters. The maximum Gasteiger partial charge on any atom is 0.138 e. The van der Waals surface area contributed by atoms with Crippen molar-refractivity contribution in [1.82, 2.24) is 10.5 Å². The van der Waals surface area contributed by atoms with E-state index in [0.29, 0.717) is 6.04 Å². The monoisotopic (exact) mass is 254 g/mol. The van der Waals surface area contributed by atoms with Crippen molar-refractivity contribution in [3.05, 3.63) is 17.0 Å². The van der Waals surface area contributed by atoms with E-state index in [-0.39, 0.29) is 0 Å². The predicted octanol–water partition coefficient (Wildman–Crippen LogP) is 3.06. The molecule has 0 unspecified atom stereocenters. The first-order chi connectivity index (χ1) is 8.20. The molecule has 0 aliphatic heterocycles. The first-order valence-corrected chi connectivity index (χ1v) is 7.52. The Labute approximate surface area is 108 Å². The fraction of sp³-hybridized carbons (Fsp3) is 0.769. The van der Waals surface area contributed by atoms with Crippen LogP contribution in [0, 0.1) is 13.8 Å². The van der Waals surface area contributed by atoms with Crippen molar-refractivity contribution in [2.24, 2.45) is 0 Å². The molecule has 96 valence electrons. The Bertz CT molecular complexity index is 345. The number of hydrogen-bond acceptors (Lipinski definition) is 4. The molecule has 0 radical (unpaired) electrons. The van der Waals surface area contributed by atoms with Gasteiger partial charge in [0.1, 0.15) is 5.76 Å². The van der Waals surface area contributed by atoms with Crippen molar-refractivity contribution in [3.63, 3.8) is 0 Å². The minimum atomic E-state index is 0.674. The summed E-state index contributed by atoms with van der Waals surface area (Å²) in [4.78, 5) is 0. The van der Waals surface area contributed by atoms with Gasteiger partial charge in [0.25, 0.3) is 0 Å². The molecule has 1 aromatic rings. The quantitative estimate of drug-likeness (QED) is 0.876. The first kappa shape index (κ1) is 13.0. The van der Waals surface area contributed by atoms with Crippen molar-refractivity contribution in [3.8, 4) is 0 Å². The number of thioether (sulfide) groups is 1. The van der Waals surface area contributed by atoms with Crippen LogP contribution in [0.4, 0.5) is 0 Å². The van der Waals surface area contributed by atoms with E-state index in [1.165, 1.54) is 30.6 Å². The summed E-state index contributed by atoms with van der Waals surface area (Å²) in [5, 5.41) is 8.49. The molecule has 1 aliphatic rings. The Balaban J connectivity index is 1.80. The van der Waals surface area contributed by atoms with Crippen LogP contribution in [0.3, 0.4) is 0 Å². The molecule has 3 nitrogen and oxygen atoms in total. The average Bonchev–Trinajstić information content (AvgIpc) is 2.86. The van der Waals surface area contributed by atoms with Crippen LogP contribution >= 0.6 is 11.8 Å². The highest BCUT2D eigenvalue weighted by Crippen LogP contribution is 2.30. The van der Waals surface area contributed by atoms with Gasteiger partial charge in [-0.05, 0) is 38.9 Å². The summed E-state index contributed by atoms with van der Waals surface area (Å²) in [6.07, 6.45) is 3.97. The lowest BCUT2D eigenvalue weighted by Gasteiger charge is -2.12. The van der Waals surface area contributed by atoms with E-state index in [0.717, 1.165) is 23.2 Å². The predicted molar refractivity (Wildman–Crippen MR) is 72.4 cm³/mol. The molecule has 1 fully saturated rings. The standard InChI is InChI=1S/C13H22N2OS/c1-4-17-12-6-5-11(7-12)14-8-13-9(2)15-16-10(13)3/h11-12,14H,4-8H2,1-3H3/t11-,12-/m1/s1. The van der Waals surface area contributed by atoms with Crippen LogP contribution in [0.2, 0.25) is 0 Å². The van der Waals surface area contributed by atoms with E-state index in [9.17, 15) is 0 Å². The third-order valence-corrected chi connectivity index (χ3v) is 4.77. The van der Waals surface area contributed by atoms with E-state index >= 15 is 0 Å². The molecule has 1 heterocycles. The van der Waals surface area contributed by atoms with Gasteiger partial charge in [-0.15, -0.1) is 0 Å². The lowest BCUT2D eigenvalue weighted by molar-refractivity contribution is 0.391. The largest absolute Gasteiger partial charge is 0.361 e. The zero-order valence-corrected chi connectivity index (χ0v) is 11.8. The van der Waals surface area contributed by atoms with Gasteiger partial charge in [0.15, 0.2) is 0 Å². The summed E-state index contributed by atoms with van der Waals surface area (Å²) in [5.41, 5.74) is 2.25. The highest BCUT2D eigenvalue weighted by atomic mass is 32.2. The lowest BCUT2D eigenvalue weighted by Crippen LogP contribution is -2.26. The molecule has 4 heteroatoms. The Morgan fingerprint density at radius 2 is 2.24 bits per heavy atom. The first-order valence-electron chi connectivity index (χ1n) is 6.47. The maximum absolute atomic E-state index is 5.18. The molecule has 0 saturated heterocycles. The number of rotatable bonds is 5. The van der Waals surface area contributed by atoms with Crippen molar-refractivity contribution < 1.29 is 4.52 Å². The molecule has 0 spiro atoms. The highest BCUT2D eigenvalue weighted by molar-refractivity contribution is 7.99. The summed E-state index contributed by atoms with van der Waals surface area (Å²) in [7, 11) is 0. The van der Waals surface area contributed by atoms with Crippen LogP contribution in [-0.4, -0.2) is 22.2 Å². The third kappa shape index (κ3) is 3.26. The van der Waals surface area contributed by atoms with Crippen molar-refractivity contribution in [2.75, 3.05) is 5.75 Å². The molecule has 1 aliphatic carbocycles. The second-order valence-corrected chi connectivity index (χ2v) is 6.35. The molecular formula is C13H22N2OS. The normalized spacial score (nSPS) is 24.4. The topological polar surface area (TPSA) is 38.1 Å². The zero-order valence-electron chi connectivity index (χ0n) is 11.0. The van der Waals surface area contributed by atoms with Gasteiger partial charge in [-0.3, -0.25) is 0 Å². The molecule has 0 amide bonds. The van der Waals surface area contributed by atoms with Crippen molar-refractivity contribution in [1.29, 1.82) is 0 Å². The number of hydrogen-bond donors (Lipinski definition) is 1. The van der Waals surface area contributed by atoms with Crippen LogP contribution in [0.5, 0.6) is 0 Å². The molecule has 1 saturated carbocycles. The Hall–Kier alpha value is -0.480. The molecule has 1 N–H and O–H groups in total. The maximum atomic E-state index is 5.18. The van der Waals surface area contributed by atoms with Gasteiger partial charge in [0.2, 0.25) is 0 Å². The third-order valence-electron chi connectivity index (χ3n) is 3.54. The lowest BCUT2D eigenvalue weighted by atomic mass is 10.2. The minimum absolute atomic E-state index is 0.674. The Kier molecular flexibility index (Phi) is 4.51. The number of nitrogens with zero attached hydrogens (tertiary/aromatic N) is 1. The van der Waals surface area contributed by atoms with Gasteiger partial charge < -0.3 is 9.84 Å². The van der Waals surface area contributed by atoms with Crippen molar-refractivity contribution >= 4 is 11.8 Å². The smallest absolute Gasteiger partial charge is 0.138 e. The van der Waals surface area contributed by atoms with E-state index in [2.05, 4.69) is 29.2 Å². The molecule has 17 heavy (non-hydrogen) atoms. The van der Waals surface area contributed by atoms with Crippen LogP contribution in [0.25, 0.3) is 0 Å². The van der Waals surface area contributed by atoms with E-state index < -0.39 is 0 Å². The molecular weight excluding hydrogens is 232 g/mol. The van der Waals surface area contributed by atoms with Crippen molar-refractivity contribution in [2.45, 2.75) is 57.9 Å². The zero-order chi connectivity index (χ0) is 12.3. The minimum Gasteiger partial charge on any atom is -0.361 e. The summed E-state index contributed by atoms with van der Waals surface area (Å²) in [5.74, 6) is 2.19. The van der Waals surface area contributed by atoms with E-state index in [1.807, 2.05) is 13.8 Å². The molecule has 0 aromatic carbocycles. The second-order valence-electron chi connectivity index (χ2n) is 4.77. The summed E-state index contributed by atoms with van der Waals surface area (Å²) in [6, 6.07) is 0.674. The van der Waals surface area contributed by atoms with E-state index in [4.69, 9.17) is 4.52 Å². The molecule has 1 aromatic heterocycles. The number of nitrogens with one attached hydrogen (secondary N) is 1. The Morgan fingerprint density at radius 1 is 1.41 bits per heavy atom. The summed E-state index contributed by atoms with van der Waals surface area (Å²) < 4.78 is 5.18. The van der Waals surface area contributed by atoms with Gasteiger partial charge in [-0.2, -0.15) is 11.8 Å². The summed E-state index contributed by atoms with van der Waals surface area (Å²) in [6.45, 7) is 7.14. The molecule has 0 bridgehead atoms. The SMILES string of the molecule is CCS[C@@H]1CC[C@@H](NCc2c(C)noc2C)C1. The van der Waals surface area contributed by atoms with Gasteiger partial charge in [0.05, 0.1) is 5.69 Å². The van der Waals surface area contributed by atoms with Crippen LogP contribution in [-0.2, 0) is 6.54 Å². The van der Waals surface area contributed by atoms with Gasteiger partial charge in [0, 0.05) is 23.4 Å². The van der Waals surface area contributed by atoms with Crippen LogP contribution in [0.15, 0.2) is 4.52 Å². The van der Waals surface area contributed by atoms with Crippen LogP contribution in [0.1, 0.15) is 43.2 Å². The van der Waals surface area contributed by atoms with E-state index in [1.54, 1.807) is 0 Å². The second kappa shape index (κ2) is 5.91. The van der Waals surface area contributed by atoms with Crippen LogP contribution < -0.4 is 5.32 Å². The van der Waals surface area contributed by atoms with Gasteiger partial charge in [-0.1, -0.05) is 12.1 Å². The Morgan fingerprint density at radius 3 is 2.88 bits per heavy atom. The fourth-order valence-electron chi connectivity index (χ4n) is 2.51. The average molecular weight is 254 g/mol. The number of aryl methyl sites for hydroxylation is 2. The number of aromatic nitrogens is 1.